The highest BCUT2D eigenvalue weighted by atomic mass is 16.5. The Morgan fingerprint density at radius 1 is 1.05 bits per heavy atom. The fourth-order valence-electron chi connectivity index (χ4n) is 1.85. The number of nitrogens with zero attached hydrogens (tertiary/aromatic N) is 2. The lowest BCUT2D eigenvalue weighted by atomic mass is 10.0. The Kier molecular flexibility index (Phi) is 3.50. The highest BCUT2D eigenvalue weighted by molar-refractivity contribution is 5.63. The molecule has 0 saturated heterocycles. The van der Waals surface area contributed by atoms with E-state index in [9.17, 15) is 4.79 Å². The van der Waals surface area contributed by atoms with Crippen LogP contribution < -0.4 is 15.2 Å². The molecule has 0 fully saturated rings. The summed E-state index contributed by atoms with van der Waals surface area (Å²) in [5.41, 5.74) is 2.23. The number of methoxy groups -OCH3 is 2. The van der Waals surface area contributed by atoms with Gasteiger partial charge in [-0.1, -0.05) is 0 Å². The Hall–Kier alpha value is -2.37. The summed E-state index contributed by atoms with van der Waals surface area (Å²) in [6.07, 6.45) is 0. The van der Waals surface area contributed by atoms with Gasteiger partial charge in [0.1, 0.15) is 11.6 Å². The summed E-state index contributed by atoms with van der Waals surface area (Å²) in [7, 11) is 3.04. The third kappa shape index (κ3) is 2.57. The van der Waals surface area contributed by atoms with Gasteiger partial charge in [-0.05, 0) is 37.1 Å². The zero-order chi connectivity index (χ0) is 14.0. The quantitative estimate of drug-likeness (QED) is 0.905. The van der Waals surface area contributed by atoms with E-state index < -0.39 is 5.69 Å². The van der Waals surface area contributed by atoms with Crippen molar-refractivity contribution in [1.82, 2.24) is 15.0 Å². The highest BCUT2D eigenvalue weighted by Gasteiger charge is 2.11. The summed E-state index contributed by atoms with van der Waals surface area (Å²) in [6.45, 7) is 3.85. The maximum absolute atomic E-state index is 11.5. The maximum atomic E-state index is 11.5. The lowest BCUT2D eigenvalue weighted by Gasteiger charge is -2.10. The SMILES string of the molecule is COc1nc(-c2cc(C)c(OC)cc2C)[nH]c(=O)n1. The maximum Gasteiger partial charge on any atom is 0.351 e. The second-order valence-electron chi connectivity index (χ2n) is 4.13. The minimum atomic E-state index is -0.491. The van der Waals surface area contributed by atoms with Crippen molar-refractivity contribution in [3.8, 4) is 23.1 Å². The molecular weight excluding hydrogens is 246 g/mol. The first-order valence-corrected chi connectivity index (χ1v) is 5.73. The normalized spacial score (nSPS) is 10.3. The van der Waals surface area contributed by atoms with Gasteiger partial charge in [-0.3, -0.25) is 4.98 Å². The van der Waals surface area contributed by atoms with E-state index in [1.54, 1.807) is 7.11 Å². The van der Waals surface area contributed by atoms with E-state index in [4.69, 9.17) is 9.47 Å². The van der Waals surface area contributed by atoms with Crippen molar-refractivity contribution >= 4 is 0 Å². The number of hydrogen-bond donors (Lipinski definition) is 1. The van der Waals surface area contributed by atoms with Crippen molar-refractivity contribution in [3.63, 3.8) is 0 Å². The highest BCUT2D eigenvalue weighted by Crippen LogP contribution is 2.27. The molecule has 6 nitrogen and oxygen atoms in total. The number of ether oxygens (including phenoxy) is 2. The second kappa shape index (κ2) is 5.09. The van der Waals surface area contributed by atoms with Gasteiger partial charge in [0.05, 0.1) is 14.2 Å². The molecule has 1 N–H and O–H groups in total. The third-order valence-corrected chi connectivity index (χ3v) is 2.81. The van der Waals surface area contributed by atoms with Gasteiger partial charge in [-0.25, -0.2) is 4.79 Å². The van der Waals surface area contributed by atoms with Crippen LogP contribution in [-0.2, 0) is 0 Å². The number of nitrogens with one attached hydrogen (secondary N) is 1. The van der Waals surface area contributed by atoms with Crippen LogP contribution in [-0.4, -0.2) is 29.2 Å². The van der Waals surface area contributed by atoms with E-state index in [1.165, 1.54) is 7.11 Å². The first-order valence-electron chi connectivity index (χ1n) is 5.73. The summed E-state index contributed by atoms with van der Waals surface area (Å²) in [6, 6.07) is 3.86. The molecule has 1 aromatic carbocycles. The Balaban J connectivity index is 2.62. The Labute approximate surface area is 110 Å². The molecule has 2 rings (SSSR count). The summed E-state index contributed by atoms with van der Waals surface area (Å²) in [4.78, 5) is 21.8. The van der Waals surface area contributed by atoms with E-state index in [0.717, 1.165) is 22.4 Å². The molecule has 0 aliphatic carbocycles. The molecule has 0 bridgehead atoms. The van der Waals surface area contributed by atoms with E-state index >= 15 is 0 Å². The Morgan fingerprint density at radius 2 is 1.79 bits per heavy atom. The van der Waals surface area contributed by atoms with Crippen LogP contribution in [0, 0.1) is 13.8 Å². The van der Waals surface area contributed by atoms with Crippen LogP contribution in [0.2, 0.25) is 0 Å². The number of aromatic nitrogens is 3. The predicted molar refractivity (Wildman–Crippen MR) is 70.7 cm³/mol. The van der Waals surface area contributed by atoms with Crippen LogP contribution in [0.5, 0.6) is 11.8 Å². The van der Waals surface area contributed by atoms with E-state index in [1.807, 2.05) is 26.0 Å². The lowest BCUT2D eigenvalue weighted by molar-refractivity contribution is 0.377. The average molecular weight is 261 g/mol. The summed E-state index contributed by atoms with van der Waals surface area (Å²) >= 11 is 0. The van der Waals surface area contributed by atoms with Gasteiger partial charge >= 0.3 is 11.7 Å². The number of rotatable bonds is 3. The van der Waals surface area contributed by atoms with E-state index in [2.05, 4.69) is 15.0 Å². The van der Waals surface area contributed by atoms with Crippen molar-refractivity contribution in [2.45, 2.75) is 13.8 Å². The van der Waals surface area contributed by atoms with Gasteiger partial charge in [0.2, 0.25) is 0 Å². The molecule has 100 valence electrons. The molecule has 0 aliphatic heterocycles. The standard InChI is InChI=1S/C13H15N3O3/c1-7-6-10(18-3)8(2)5-9(7)11-14-12(17)16-13(15-11)19-4/h5-6H,1-4H3,(H,14,15,16,17). The number of aromatic amines is 1. The van der Waals surface area contributed by atoms with Crippen LogP contribution in [0.3, 0.4) is 0 Å². The Morgan fingerprint density at radius 3 is 2.42 bits per heavy atom. The molecule has 1 heterocycles. The van der Waals surface area contributed by atoms with E-state index in [0.29, 0.717) is 5.82 Å². The van der Waals surface area contributed by atoms with Crippen LogP contribution in [0.4, 0.5) is 0 Å². The number of benzene rings is 1. The minimum Gasteiger partial charge on any atom is -0.496 e. The van der Waals surface area contributed by atoms with Gasteiger partial charge in [0.15, 0.2) is 0 Å². The third-order valence-electron chi connectivity index (χ3n) is 2.81. The van der Waals surface area contributed by atoms with Gasteiger partial charge in [-0.15, -0.1) is 4.98 Å². The van der Waals surface area contributed by atoms with Crippen LogP contribution in [0.25, 0.3) is 11.4 Å². The number of H-pyrrole nitrogens is 1. The van der Waals surface area contributed by atoms with Gasteiger partial charge in [-0.2, -0.15) is 4.98 Å². The van der Waals surface area contributed by atoms with Crippen LogP contribution in [0.15, 0.2) is 16.9 Å². The van der Waals surface area contributed by atoms with Gasteiger partial charge in [0, 0.05) is 5.56 Å². The molecule has 0 amide bonds. The van der Waals surface area contributed by atoms with Crippen molar-refractivity contribution in [3.05, 3.63) is 33.7 Å². The largest absolute Gasteiger partial charge is 0.496 e. The second-order valence-corrected chi connectivity index (χ2v) is 4.13. The molecule has 0 aliphatic rings. The summed E-state index contributed by atoms with van der Waals surface area (Å²) < 4.78 is 10.2. The average Bonchev–Trinajstić information content (AvgIpc) is 2.40. The lowest BCUT2D eigenvalue weighted by Crippen LogP contribution is -2.14. The predicted octanol–water partition coefficient (Wildman–Crippen LogP) is 1.47. The molecule has 2 aromatic rings. The number of hydrogen-bond acceptors (Lipinski definition) is 5. The molecule has 0 saturated carbocycles. The summed E-state index contributed by atoms with van der Waals surface area (Å²) in [5.74, 6) is 1.23. The molecule has 0 unspecified atom stereocenters. The van der Waals surface area contributed by atoms with Crippen LogP contribution in [0.1, 0.15) is 11.1 Å². The fourth-order valence-corrected chi connectivity index (χ4v) is 1.85. The van der Waals surface area contributed by atoms with Crippen molar-refractivity contribution < 1.29 is 9.47 Å². The van der Waals surface area contributed by atoms with Crippen molar-refractivity contribution in [1.29, 1.82) is 0 Å². The Bertz CT molecular complexity index is 665. The molecule has 1 aromatic heterocycles. The van der Waals surface area contributed by atoms with Crippen molar-refractivity contribution in [2.75, 3.05) is 14.2 Å². The zero-order valence-corrected chi connectivity index (χ0v) is 11.3. The van der Waals surface area contributed by atoms with Gasteiger partial charge in [0.25, 0.3) is 0 Å². The molecular formula is C13H15N3O3. The topological polar surface area (TPSA) is 77.1 Å². The van der Waals surface area contributed by atoms with Crippen LogP contribution >= 0.6 is 0 Å². The molecule has 0 spiro atoms. The zero-order valence-electron chi connectivity index (χ0n) is 11.3. The number of aryl methyl sites for hydroxylation is 2. The fraction of sp³-hybridized carbons (Fsp3) is 0.308. The smallest absolute Gasteiger partial charge is 0.351 e. The minimum absolute atomic E-state index is 0.0478. The van der Waals surface area contributed by atoms with E-state index in [-0.39, 0.29) is 6.01 Å². The van der Waals surface area contributed by atoms with Gasteiger partial charge < -0.3 is 9.47 Å². The summed E-state index contributed by atoms with van der Waals surface area (Å²) in [5, 5.41) is 0. The first-order chi connectivity index (χ1) is 9.05. The molecule has 6 heteroatoms. The molecule has 19 heavy (non-hydrogen) atoms. The molecule has 0 atom stereocenters. The molecule has 0 radical (unpaired) electrons. The first kappa shape index (κ1) is 13.1. The monoisotopic (exact) mass is 261 g/mol. The van der Waals surface area contributed by atoms with Crippen molar-refractivity contribution in [2.24, 2.45) is 0 Å².